The zero-order chi connectivity index (χ0) is 9.10. The number of hydrogen-bond donors (Lipinski definition) is 0. The normalized spacial score (nSPS) is 10.2. The van der Waals surface area contributed by atoms with E-state index in [0.717, 1.165) is 6.42 Å². The molecule has 0 spiro atoms. The van der Waals surface area contributed by atoms with Crippen LogP contribution in [0.3, 0.4) is 0 Å². The molecule has 0 saturated carbocycles. The van der Waals surface area contributed by atoms with Crippen molar-refractivity contribution in [3.8, 4) is 0 Å². The average Bonchev–Trinajstić information content (AvgIpc) is 2.53. The highest BCUT2D eigenvalue weighted by molar-refractivity contribution is 7.11. The summed E-state index contributed by atoms with van der Waals surface area (Å²) in [5.74, 6) is 0. The predicted molar refractivity (Wildman–Crippen MR) is 53.9 cm³/mol. The van der Waals surface area contributed by atoms with Crippen LogP contribution in [-0.4, -0.2) is 9.97 Å². The Morgan fingerprint density at radius 2 is 2.08 bits per heavy atom. The Morgan fingerprint density at radius 1 is 1.31 bits per heavy atom. The SMILES string of the molecule is Cc1cnc(Cc2ccncc2)s1. The molecule has 3 heteroatoms. The minimum absolute atomic E-state index is 0.918. The van der Waals surface area contributed by atoms with E-state index in [1.54, 1.807) is 11.3 Å². The van der Waals surface area contributed by atoms with Gasteiger partial charge in [-0.1, -0.05) is 0 Å². The maximum Gasteiger partial charge on any atom is 0.0971 e. The second-order valence-electron chi connectivity index (χ2n) is 2.90. The molecular weight excluding hydrogens is 180 g/mol. The molecule has 0 radical (unpaired) electrons. The number of thiazole rings is 1. The molecule has 2 rings (SSSR count). The lowest BCUT2D eigenvalue weighted by Gasteiger charge is -1.94. The number of aryl methyl sites for hydroxylation is 1. The van der Waals surface area contributed by atoms with Gasteiger partial charge in [0, 0.05) is 29.9 Å². The molecule has 0 aliphatic carbocycles. The number of rotatable bonds is 2. The van der Waals surface area contributed by atoms with Crippen LogP contribution in [0.15, 0.2) is 30.7 Å². The number of nitrogens with zero attached hydrogens (tertiary/aromatic N) is 2. The lowest BCUT2D eigenvalue weighted by atomic mass is 10.2. The van der Waals surface area contributed by atoms with Crippen molar-refractivity contribution in [2.24, 2.45) is 0 Å². The van der Waals surface area contributed by atoms with Gasteiger partial charge in [0.05, 0.1) is 5.01 Å². The molecule has 2 heterocycles. The van der Waals surface area contributed by atoms with Crippen LogP contribution in [-0.2, 0) is 6.42 Å². The summed E-state index contributed by atoms with van der Waals surface area (Å²) in [6.45, 7) is 2.08. The molecule has 0 amide bonds. The van der Waals surface area contributed by atoms with Crippen molar-refractivity contribution in [3.63, 3.8) is 0 Å². The summed E-state index contributed by atoms with van der Waals surface area (Å²) in [6, 6.07) is 4.05. The van der Waals surface area contributed by atoms with Crippen molar-refractivity contribution in [2.45, 2.75) is 13.3 Å². The van der Waals surface area contributed by atoms with Gasteiger partial charge in [-0.3, -0.25) is 4.98 Å². The first kappa shape index (κ1) is 8.38. The van der Waals surface area contributed by atoms with Gasteiger partial charge < -0.3 is 0 Å². The summed E-state index contributed by atoms with van der Waals surface area (Å²) < 4.78 is 0. The summed E-state index contributed by atoms with van der Waals surface area (Å²) in [4.78, 5) is 9.55. The molecular formula is C10H10N2S. The van der Waals surface area contributed by atoms with E-state index in [0.29, 0.717) is 0 Å². The van der Waals surface area contributed by atoms with Gasteiger partial charge in [-0.05, 0) is 24.6 Å². The molecule has 0 atom stereocenters. The highest BCUT2D eigenvalue weighted by Crippen LogP contribution is 2.14. The quantitative estimate of drug-likeness (QED) is 0.727. The predicted octanol–water partition coefficient (Wildman–Crippen LogP) is 2.44. The summed E-state index contributed by atoms with van der Waals surface area (Å²) in [6.07, 6.45) is 6.47. The second-order valence-corrected chi connectivity index (χ2v) is 4.22. The fourth-order valence-corrected chi connectivity index (χ4v) is 1.98. The van der Waals surface area contributed by atoms with Gasteiger partial charge in [-0.25, -0.2) is 4.98 Å². The smallest absolute Gasteiger partial charge is 0.0971 e. The topological polar surface area (TPSA) is 25.8 Å². The Bertz CT molecular complexity index is 381. The van der Waals surface area contributed by atoms with E-state index in [1.807, 2.05) is 30.7 Å². The maximum atomic E-state index is 4.31. The fraction of sp³-hybridized carbons (Fsp3) is 0.200. The van der Waals surface area contributed by atoms with E-state index in [4.69, 9.17) is 0 Å². The van der Waals surface area contributed by atoms with Crippen molar-refractivity contribution >= 4 is 11.3 Å². The number of pyridine rings is 1. The largest absolute Gasteiger partial charge is 0.265 e. The van der Waals surface area contributed by atoms with Crippen molar-refractivity contribution in [2.75, 3.05) is 0 Å². The number of aromatic nitrogens is 2. The fourth-order valence-electron chi connectivity index (χ4n) is 1.16. The van der Waals surface area contributed by atoms with Crippen LogP contribution in [0.25, 0.3) is 0 Å². The summed E-state index contributed by atoms with van der Waals surface area (Å²) in [5.41, 5.74) is 1.27. The van der Waals surface area contributed by atoms with Gasteiger partial charge in [0.1, 0.15) is 0 Å². The summed E-state index contributed by atoms with van der Waals surface area (Å²) >= 11 is 1.75. The van der Waals surface area contributed by atoms with E-state index < -0.39 is 0 Å². The maximum absolute atomic E-state index is 4.31. The summed E-state index contributed by atoms with van der Waals surface area (Å²) in [5, 5.41) is 1.17. The van der Waals surface area contributed by atoms with Gasteiger partial charge in [0.2, 0.25) is 0 Å². The third-order valence-corrected chi connectivity index (χ3v) is 2.69. The molecule has 0 bridgehead atoms. The molecule has 0 N–H and O–H groups in total. The molecule has 0 fully saturated rings. The molecule has 66 valence electrons. The van der Waals surface area contributed by atoms with Crippen LogP contribution in [0.5, 0.6) is 0 Å². The first-order valence-electron chi connectivity index (χ1n) is 4.15. The van der Waals surface area contributed by atoms with Crippen LogP contribution in [0.2, 0.25) is 0 Å². The Morgan fingerprint density at radius 3 is 2.69 bits per heavy atom. The average molecular weight is 190 g/mol. The molecule has 2 aromatic rings. The van der Waals surface area contributed by atoms with Gasteiger partial charge in [-0.2, -0.15) is 0 Å². The zero-order valence-corrected chi connectivity index (χ0v) is 8.21. The van der Waals surface area contributed by atoms with Gasteiger partial charge in [-0.15, -0.1) is 11.3 Å². The lowest BCUT2D eigenvalue weighted by molar-refractivity contribution is 1.12. The molecule has 0 aromatic carbocycles. The third-order valence-electron chi connectivity index (χ3n) is 1.77. The minimum Gasteiger partial charge on any atom is -0.265 e. The standard InChI is InChI=1S/C10H10N2S/c1-8-7-12-10(13-8)6-9-2-4-11-5-3-9/h2-5,7H,6H2,1H3. The van der Waals surface area contributed by atoms with Crippen molar-refractivity contribution in [1.82, 2.24) is 9.97 Å². The molecule has 2 nitrogen and oxygen atoms in total. The van der Waals surface area contributed by atoms with Crippen LogP contribution >= 0.6 is 11.3 Å². The zero-order valence-electron chi connectivity index (χ0n) is 7.40. The third kappa shape index (κ3) is 2.12. The van der Waals surface area contributed by atoms with Crippen molar-refractivity contribution < 1.29 is 0 Å². The van der Waals surface area contributed by atoms with E-state index in [9.17, 15) is 0 Å². The Kier molecular flexibility index (Phi) is 2.36. The minimum atomic E-state index is 0.918. The van der Waals surface area contributed by atoms with Gasteiger partial charge >= 0.3 is 0 Å². The Labute approximate surface area is 81.3 Å². The van der Waals surface area contributed by atoms with Gasteiger partial charge in [0.15, 0.2) is 0 Å². The van der Waals surface area contributed by atoms with E-state index in [1.165, 1.54) is 15.4 Å². The van der Waals surface area contributed by atoms with Crippen molar-refractivity contribution in [3.05, 3.63) is 46.2 Å². The van der Waals surface area contributed by atoms with Crippen LogP contribution in [0.1, 0.15) is 15.4 Å². The Balaban J connectivity index is 2.15. The first-order valence-corrected chi connectivity index (χ1v) is 4.96. The second kappa shape index (κ2) is 3.66. The molecule has 0 aliphatic heterocycles. The van der Waals surface area contributed by atoms with Gasteiger partial charge in [0.25, 0.3) is 0 Å². The highest BCUT2D eigenvalue weighted by atomic mass is 32.1. The van der Waals surface area contributed by atoms with E-state index in [2.05, 4.69) is 16.9 Å². The van der Waals surface area contributed by atoms with Crippen LogP contribution in [0, 0.1) is 6.92 Å². The molecule has 0 aliphatic rings. The number of hydrogen-bond acceptors (Lipinski definition) is 3. The molecule has 0 saturated heterocycles. The molecule has 0 unspecified atom stereocenters. The highest BCUT2D eigenvalue weighted by Gasteiger charge is 1.99. The molecule has 13 heavy (non-hydrogen) atoms. The molecule has 2 aromatic heterocycles. The van der Waals surface area contributed by atoms with E-state index in [-0.39, 0.29) is 0 Å². The van der Waals surface area contributed by atoms with E-state index >= 15 is 0 Å². The van der Waals surface area contributed by atoms with Crippen LogP contribution in [0.4, 0.5) is 0 Å². The van der Waals surface area contributed by atoms with Crippen molar-refractivity contribution in [1.29, 1.82) is 0 Å². The lowest BCUT2D eigenvalue weighted by Crippen LogP contribution is -1.85. The van der Waals surface area contributed by atoms with Crippen LogP contribution < -0.4 is 0 Å². The monoisotopic (exact) mass is 190 g/mol. The first-order chi connectivity index (χ1) is 6.34. The summed E-state index contributed by atoms with van der Waals surface area (Å²) in [7, 11) is 0. The Hall–Kier alpha value is -1.22.